The Morgan fingerprint density at radius 3 is 1.94 bits per heavy atom. The lowest BCUT2D eigenvalue weighted by Crippen LogP contribution is -1.93. The van der Waals surface area contributed by atoms with E-state index in [1.54, 1.807) is 11.8 Å². The number of hydrogen-bond acceptors (Lipinski definition) is 2. The highest BCUT2D eigenvalue weighted by molar-refractivity contribution is 7.98. The van der Waals surface area contributed by atoms with Gasteiger partial charge in [0.1, 0.15) is 0 Å². The monoisotopic (exact) mass is 266 g/mol. The molecule has 0 heterocycles. The maximum absolute atomic E-state index is 13.6. The van der Waals surface area contributed by atoms with Crippen molar-refractivity contribution >= 4 is 11.8 Å². The number of hydrogen-bond donors (Lipinski definition) is 0. The lowest BCUT2D eigenvalue weighted by Gasteiger charge is -2.07. The summed E-state index contributed by atoms with van der Waals surface area (Å²) in [5.74, 6) is -1.73. The summed E-state index contributed by atoms with van der Waals surface area (Å²) in [7, 11) is 1.24. The van der Waals surface area contributed by atoms with Gasteiger partial charge in [0, 0.05) is 4.90 Å². The van der Waals surface area contributed by atoms with Gasteiger partial charge in [0.05, 0.1) is 7.11 Å². The molecule has 0 saturated carbocycles. The second-order valence-electron chi connectivity index (χ2n) is 3.70. The summed E-state index contributed by atoms with van der Waals surface area (Å²) in [5, 5.41) is 0. The van der Waals surface area contributed by atoms with Crippen LogP contribution < -0.4 is 4.74 Å². The summed E-state index contributed by atoms with van der Waals surface area (Å²) < 4.78 is 31.8. The fourth-order valence-corrected chi connectivity index (χ4v) is 2.11. The number of methoxy groups -OCH3 is 1. The van der Waals surface area contributed by atoms with E-state index in [4.69, 9.17) is 0 Å². The zero-order valence-electron chi connectivity index (χ0n) is 10.0. The third-order valence-electron chi connectivity index (χ3n) is 2.63. The zero-order valence-corrected chi connectivity index (χ0v) is 10.9. The fourth-order valence-electron chi connectivity index (χ4n) is 1.71. The molecule has 0 aromatic heterocycles. The van der Waals surface area contributed by atoms with Gasteiger partial charge in [0.15, 0.2) is 17.4 Å². The van der Waals surface area contributed by atoms with Gasteiger partial charge >= 0.3 is 0 Å². The molecular formula is C14H12F2OS. The Kier molecular flexibility index (Phi) is 3.87. The molecule has 0 N–H and O–H groups in total. The maximum Gasteiger partial charge on any atom is 0.190 e. The second kappa shape index (κ2) is 5.40. The van der Waals surface area contributed by atoms with E-state index in [2.05, 4.69) is 4.74 Å². The fraction of sp³-hybridized carbons (Fsp3) is 0.143. The Morgan fingerprint density at radius 2 is 1.50 bits per heavy atom. The molecular weight excluding hydrogens is 254 g/mol. The molecule has 0 saturated heterocycles. The average molecular weight is 266 g/mol. The summed E-state index contributed by atoms with van der Waals surface area (Å²) in [4.78, 5) is 1.10. The summed E-state index contributed by atoms with van der Waals surface area (Å²) >= 11 is 1.62. The van der Waals surface area contributed by atoms with Crippen molar-refractivity contribution in [2.24, 2.45) is 0 Å². The van der Waals surface area contributed by atoms with Crippen LogP contribution in [0.4, 0.5) is 8.78 Å². The highest BCUT2D eigenvalue weighted by atomic mass is 32.2. The molecule has 0 aliphatic heterocycles. The molecule has 0 spiro atoms. The van der Waals surface area contributed by atoms with Gasteiger partial charge in [-0.3, -0.25) is 0 Å². The van der Waals surface area contributed by atoms with E-state index in [-0.39, 0.29) is 5.75 Å². The van der Waals surface area contributed by atoms with Crippen molar-refractivity contribution in [3.8, 4) is 16.9 Å². The van der Waals surface area contributed by atoms with Crippen molar-refractivity contribution in [3.63, 3.8) is 0 Å². The van der Waals surface area contributed by atoms with Gasteiger partial charge in [-0.05, 0) is 41.6 Å². The van der Waals surface area contributed by atoms with E-state index >= 15 is 0 Å². The van der Waals surface area contributed by atoms with Crippen molar-refractivity contribution in [2.75, 3.05) is 13.4 Å². The van der Waals surface area contributed by atoms with Crippen LogP contribution in [0.2, 0.25) is 0 Å². The van der Waals surface area contributed by atoms with Gasteiger partial charge in [0.2, 0.25) is 0 Å². The van der Waals surface area contributed by atoms with Gasteiger partial charge in [-0.25, -0.2) is 8.78 Å². The maximum atomic E-state index is 13.6. The first kappa shape index (κ1) is 12.9. The summed E-state index contributed by atoms with van der Waals surface area (Å²) in [6.07, 6.45) is 1.97. The SMILES string of the molecule is COc1c(F)cc(-c2ccc(SC)cc2)cc1F. The number of benzene rings is 2. The minimum Gasteiger partial charge on any atom is -0.491 e. The first-order valence-corrected chi connectivity index (χ1v) is 6.55. The third kappa shape index (κ3) is 2.48. The Labute approximate surface area is 109 Å². The molecule has 0 aliphatic carbocycles. The lowest BCUT2D eigenvalue weighted by atomic mass is 10.1. The van der Waals surface area contributed by atoms with Gasteiger partial charge in [-0.2, -0.15) is 0 Å². The van der Waals surface area contributed by atoms with Crippen LogP contribution in [0, 0.1) is 11.6 Å². The molecule has 2 rings (SSSR count). The first-order chi connectivity index (χ1) is 8.65. The lowest BCUT2D eigenvalue weighted by molar-refractivity contribution is 0.360. The van der Waals surface area contributed by atoms with Crippen LogP contribution in [0.25, 0.3) is 11.1 Å². The molecule has 4 heteroatoms. The summed E-state index contributed by atoms with van der Waals surface area (Å²) in [5.41, 5.74) is 1.27. The molecule has 94 valence electrons. The van der Waals surface area contributed by atoms with Gasteiger partial charge < -0.3 is 4.74 Å². The highest BCUT2D eigenvalue weighted by Crippen LogP contribution is 2.29. The van der Waals surface area contributed by atoms with E-state index in [9.17, 15) is 8.78 Å². The topological polar surface area (TPSA) is 9.23 Å². The molecule has 0 radical (unpaired) electrons. The van der Waals surface area contributed by atoms with Crippen molar-refractivity contribution in [2.45, 2.75) is 4.90 Å². The molecule has 0 unspecified atom stereocenters. The molecule has 0 fully saturated rings. The molecule has 2 aromatic rings. The predicted molar refractivity (Wildman–Crippen MR) is 70.1 cm³/mol. The van der Waals surface area contributed by atoms with Gasteiger partial charge in [-0.15, -0.1) is 11.8 Å². The van der Waals surface area contributed by atoms with E-state index < -0.39 is 11.6 Å². The van der Waals surface area contributed by atoms with E-state index in [1.165, 1.54) is 19.2 Å². The largest absolute Gasteiger partial charge is 0.491 e. The van der Waals surface area contributed by atoms with Crippen LogP contribution in [-0.2, 0) is 0 Å². The molecule has 0 atom stereocenters. The molecule has 0 amide bonds. The van der Waals surface area contributed by atoms with Crippen LogP contribution in [0.1, 0.15) is 0 Å². The third-order valence-corrected chi connectivity index (χ3v) is 3.37. The van der Waals surface area contributed by atoms with Gasteiger partial charge in [0.25, 0.3) is 0 Å². The number of thioether (sulfide) groups is 1. The molecule has 1 nitrogen and oxygen atoms in total. The minimum absolute atomic E-state index is 0.348. The predicted octanol–water partition coefficient (Wildman–Crippen LogP) is 4.36. The normalized spacial score (nSPS) is 10.4. The molecule has 2 aromatic carbocycles. The molecule has 18 heavy (non-hydrogen) atoms. The standard InChI is InChI=1S/C14H12F2OS/c1-17-14-12(15)7-10(8-13(14)16)9-3-5-11(18-2)6-4-9/h3-8H,1-2H3. The van der Waals surface area contributed by atoms with Crippen LogP contribution in [0.15, 0.2) is 41.3 Å². The van der Waals surface area contributed by atoms with Crippen LogP contribution in [0.5, 0.6) is 5.75 Å². The zero-order chi connectivity index (χ0) is 13.1. The quantitative estimate of drug-likeness (QED) is 0.763. The van der Waals surface area contributed by atoms with E-state index in [0.717, 1.165) is 10.5 Å². The van der Waals surface area contributed by atoms with E-state index in [0.29, 0.717) is 5.56 Å². The number of rotatable bonds is 3. The minimum atomic E-state index is -0.693. The Bertz CT molecular complexity index is 529. The van der Waals surface area contributed by atoms with Crippen LogP contribution >= 0.6 is 11.8 Å². The summed E-state index contributed by atoms with van der Waals surface area (Å²) in [6, 6.07) is 10.1. The Balaban J connectivity index is 2.44. The number of ether oxygens (including phenoxy) is 1. The smallest absolute Gasteiger partial charge is 0.190 e. The van der Waals surface area contributed by atoms with Crippen molar-refractivity contribution < 1.29 is 13.5 Å². The summed E-state index contributed by atoms with van der Waals surface area (Å²) in [6.45, 7) is 0. The van der Waals surface area contributed by atoms with Crippen molar-refractivity contribution in [1.82, 2.24) is 0 Å². The number of halogens is 2. The van der Waals surface area contributed by atoms with Crippen LogP contribution in [-0.4, -0.2) is 13.4 Å². The van der Waals surface area contributed by atoms with Crippen LogP contribution in [0.3, 0.4) is 0 Å². The molecule has 0 bridgehead atoms. The second-order valence-corrected chi connectivity index (χ2v) is 4.58. The average Bonchev–Trinajstić information content (AvgIpc) is 2.38. The van der Waals surface area contributed by atoms with Crippen molar-refractivity contribution in [3.05, 3.63) is 48.0 Å². The Hall–Kier alpha value is -1.55. The molecule has 0 aliphatic rings. The van der Waals surface area contributed by atoms with Crippen molar-refractivity contribution in [1.29, 1.82) is 0 Å². The highest BCUT2D eigenvalue weighted by Gasteiger charge is 2.12. The first-order valence-electron chi connectivity index (χ1n) is 5.33. The van der Waals surface area contributed by atoms with E-state index in [1.807, 2.05) is 30.5 Å². The Morgan fingerprint density at radius 1 is 0.944 bits per heavy atom. The van der Waals surface area contributed by atoms with Gasteiger partial charge in [-0.1, -0.05) is 12.1 Å².